The zero-order valence-electron chi connectivity index (χ0n) is 18.9. The van der Waals surface area contributed by atoms with Gasteiger partial charge in [-0.25, -0.2) is 0 Å². The molecule has 2 aromatic heterocycles. The molecule has 2 atom stereocenters. The first kappa shape index (κ1) is 20.2. The Kier molecular flexibility index (Phi) is 4.87. The number of nitrogens with zero attached hydrogens (tertiary/aromatic N) is 1. The summed E-state index contributed by atoms with van der Waals surface area (Å²) in [7, 11) is 3.53. The van der Waals surface area contributed by atoms with Crippen LogP contribution < -0.4 is 4.57 Å². The van der Waals surface area contributed by atoms with Crippen molar-refractivity contribution in [2.45, 2.75) is 38.8 Å². The quantitative estimate of drug-likeness (QED) is 0.417. The molecule has 4 heteroatoms. The number of para-hydroxylation sites is 1. The number of fused-ring (bicyclic) bond motifs is 7. The molecule has 1 aliphatic rings. The molecule has 0 N–H and O–H groups in total. The first-order valence-corrected chi connectivity index (χ1v) is 10.9. The van der Waals surface area contributed by atoms with E-state index in [9.17, 15) is 0 Å². The van der Waals surface area contributed by atoms with Crippen LogP contribution in [0.15, 0.2) is 59.1 Å². The standard InChI is InChI=1S/C27H30NO3/c1-17-10-13-22-25-20(12-11-19-18-8-6-7-9-23(18)31-26(19)25)27(2,3)21(15-28(22)14-17)24(30-5)16-29-4/h6-14,21,24H,15-16H2,1-5H3/q+1. The lowest BCUT2D eigenvalue weighted by Crippen LogP contribution is -2.49. The summed E-state index contributed by atoms with van der Waals surface area (Å²) in [4.78, 5) is 0. The Balaban J connectivity index is 1.86. The van der Waals surface area contributed by atoms with Gasteiger partial charge < -0.3 is 13.9 Å². The third-order valence-corrected chi connectivity index (χ3v) is 7.07. The van der Waals surface area contributed by atoms with Gasteiger partial charge in [0.25, 0.3) is 0 Å². The summed E-state index contributed by atoms with van der Waals surface area (Å²) in [6.45, 7) is 8.21. The highest BCUT2D eigenvalue weighted by atomic mass is 16.5. The second-order valence-electron chi connectivity index (χ2n) is 9.26. The number of hydrogen-bond acceptors (Lipinski definition) is 3. The van der Waals surface area contributed by atoms with Gasteiger partial charge in [-0.15, -0.1) is 0 Å². The molecule has 0 saturated heterocycles. The van der Waals surface area contributed by atoms with E-state index >= 15 is 0 Å². The van der Waals surface area contributed by atoms with E-state index in [1.54, 1.807) is 14.2 Å². The van der Waals surface area contributed by atoms with Gasteiger partial charge in [0, 0.05) is 42.0 Å². The molecule has 160 valence electrons. The van der Waals surface area contributed by atoms with Gasteiger partial charge in [0.2, 0.25) is 5.69 Å². The number of rotatable bonds is 4. The minimum atomic E-state index is -0.151. The average molecular weight is 417 g/mol. The Hall–Kier alpha value is -2.69. The van der Waals surface area contributed by atoms with Gasteiger partial charge in [0.15, 0.2) is 12.7 Å². The predicted octanol–water partition coefficient (Wildman–Crippen LogP) is 5.42. The molecule has 4 aromatic rings. The van der Waals surface area contributed by atoms with Crippen LogP contribution in [0.25, 0.3) is 33.2 Å². The Bertz CT molecular complexity index is 1270. The number of hydrogen-bond donors (Lipinski definition) is 0. The van der Waals surface area contributed by atoms with Gasteiger partial charge >= 0.3 is 0 Å². The number of pyridine rings is 1. The number of ether oxygens (including phenoxy) is 2. The molecule has 3 heterocycles. The van der Waals surface area contributed by atoms with Gasteiger partial charge in [0.05, 0.1) is 24.2 Å². The number of aryl methyl sites for hydroxylation is 1. The Labute approximate surface area is 183 Å². The zero-order valence-corrected chi connectivity index (χ0v) is 18.9. The minimum Gasteiger partial charge on any atom is -0.455 e. The average Bonchev–Trinajstić information content (AvgIpc) is 3.10. The van der Waals surface area contributed by atoms with Crippen molar-refractivity contribution in [1.82, 2.24) is 0 Å². The van der Waals surface area contributed by atoms with Gasteiger partial charge in [0.1, 0.15) is 11.2 Å². The van der Waals surface area contributed by atoms with Gasteiger partial charge in [-0.2, -0.15) is 4.57 Å². The molecule has 0 amide bonds. The van der Waals surface area contributed by atoms with Crippen LogP contribution in [0.4, 0.5) is 0 Å². The van der Waals surface area contributed by atoms with E-state index in [4.69, 9.17) is 13.9 Å². The number of aromatic nitrogens is 1. The van der Waals surface area contributed by atoms with Gasteiger partial charge in [-0.05, 0) is 24.6 Å². The fourth-order valence-corrected chi connectivity index (χ4v) is 5.36. The molecule has 5 rings (SSSR count). The number of furan rings is 1. The maximum atomic E-state index is 6.49. The molecule has 2 aromatic carbocycles. The van der Waals surface area contributed by atoms with Crippen LogP contribution in [-0.4, -0.2) is 26.9 Å². The molecule has 0 fully saturated rings. The van der Waals surface area contributed by atoms with E-state index in [0.717, 1.165) is 28.5 Å². The van der Waals surface area contributed by atoms with Crippen LogP contribution in [0.5, 0.6) is 0 Å². The van der Waals surface area contributed by atoms with E-state index in [1.807, 2.05) is 6.07 Å². The van der Waals surface area contributed by atoms with Crippen LogP contribution >= 0.6 is 0 Å². The van der Waals surface area contributed by atoms with Crippen LogP contribution in [-0.2, 0) is 21.4 Å². The largest absolute Gasteiger partial charge is 0.455 e. The number of methoxy groups -OCH3 is 2. The lowest BCUT2D eigenvalue weighted by molar-refractivity contribution is -0.694. The Morgan fingerprint density at radius 1 is 1.06 bits per heavy atom. The van der Waals surface area contributed by atoms with Crippen LogP contribution in [0.2, 0.25) is 0 Å². The summed E-state index contributed by atoms with van der Waals surface area (Å²) in [5.41, 5.74) is 6.64. The Morgan fingerprint density at radius 3 is 2.65 bits per heavy atom. The molecular formula is C27H30NO3+. The van der Waals surface area contributed by atoms with Crippen molar-refractivity contribution in [1.29, 1.82) is 0 Å². The fourth-order valence-electron chi connectivity index (χ4n) is 5.36. The summed E-state index contributed by atoms with van der Waals surface area (Å²) in [6, 6.07) is 17.2. The van der Waals surface area contributed by atoms with Gasteiger partial charge in [-0.3, -0.25) is 0 Å². The summed E-state index contributed by atoms with van der Waals surface area (Å²) in [5, 5.41) is 2.32. The molecule has 1 aliphatic heterocycles. The third-order valence-electron chi connectivity index (χ3n) is 7.07. The topological polar surface area (TPSA) is 35.5 Å². The molecule has 0 aliphatic carbocycles. The second kappa shape index (κ2) is 7.47. The zero-order chi connectivity index (χ0) is 21.8. The highest BCUT2D eigenvalue weighted by Crippen LogP contribution is 2.46. The summed E-state index contributed by atoms with van der Waals surface area (Å²) >= 11 is 0. The van der Waals surface area contributed by atoms with Crippen molar-refractivity contribution in [3.8, 4) is 11.3 Å². The second-order valence-corrected chi connectivity index (χ2v) is 9.26. The van der Waals surface area contributed by atoms with E-state index < -0.39 is 0 Å². The highest BCUT2D eigenvalue weighted by Gasteiger charge is 2.45. The van der Waals surface area contributed by atoms with E-state index in [0.29, 0.717) is 6.61 Å². The monoisotopic (exact) mass is 416 g/mol. The van der Waals surface area contributed by atoms with Crippen molar-refractivity contribution in [2.24, 2.45) is 5.92 Å². The molecule has 0 radical (unpaired) electrons. The Morgan fingerprint density at radius 2 is 1.87 bits per heavy atom. The first-order valence-electron chi connectivity index (χ1n) is 10.9. The van der Waals surface area contributed by atoms with Crippen molar-refractivity contribution >= 4 is 21.9 Å². The summed E-state index contributed by atoms with van der Waals surface area (Å²) in [6.07, 6.45) is 2.23. The molecule has 0 spiro atoms. The molecule has 0 bridgehead atoms. The maximum Gasteiger partial charge on any atom is 0.216 e. The molecular weight excluding hydrogens is 386 g/mol. The van der Waals surface area contributed by atoms with Crippen LogP contribution in [0.1, 0.15) is 25.0 Å². The van der Waals surface area contributed by atoms with Crippen molar-refractivity contribution in [3.63, 3.8) is 0 Å². The summed E-state index contributed by atoms with van der Waals surface area (Å²) in [5.74, 6) is 0.228. The molecule has 31 heavy (non-hydrogen) atoms. The van der Waals surface area contributed by atoms with Crippen LogP contribution in [0, 0.1) is 12.8 Å². The van der Waals surface area contributed by atoms with Crippen molar-refractivity contribution < 1.29 is 18.5 Å². The minimum absolute atomic E-state index is 0.0156. The third kappa shape index (κ3) is 3.08. The smallest absolute Gasteiger partial charge is 0.216 e. The molecule has 2 unspecified atom stereocenters. The van der Waals surface area contributed by atoms with E-state index in [-0.39, 0.29) is 17.4 Å². The normalized spacial score (nSPS) is 18.5. The molecule has 4 nitrogen and oxygen atoms in total. The van der Waals surface area contributed by atoms with Crippen molar-refractivity contribution in [3.05, 3.63) is 65.9 Å². The predicted molar refractivity (Wildman–Crippen MR) is 123 cm³/mol. The summed E-state index contributed by atoms with van der Waals surface area (Å²) < 4.78 is 20.4. The van der Waals surface area contributed by atoms with Crippen LogP contribution in [0.3, 0.4) is 0 Å². The lowest BCUT2D eigenvalue weighted by Gasteiger charge is -2.36. The SMILES string of the molecule is COCC(OC)C1C[n+]2cc(C)ccc2-c2c(ccc3c2oc2ccccc23)C1(C)C. The van der Waals surface area contributed by atoms with Crippen molar-refractivity contribution in [2.75, 3.05) is 20.8 Å². The van der Waals surface area contributed by atoms with E-state index in [1.165, 1.54) is 22.4 Å². The van der Waals surface area contributed by atoms with Gasteiger partial charge in [-0.1, -0.05) is 44.2 Å². The number of benzene rings is 2. The van der Waals surface area contributed by atoms with E-state index in [2.05, 4.69) is 74.0 Å². The highest BCUT2D eigenvalue weighted by molar-refractivity contribution is 6.09. The first-order chi connectivity index (χ1) is 15.0. The lowest BCUT2D eigenvalue weighted by atomic mass is 9.69. The maximum absolute atomic E-state index is 6.49. The fraction of sp³-hybridized carbons (Fsp3) is 0.370. The molecule has 0 saturated carbocycles.